The zero-order valence-corrected chi connectivity index (χ0v) is 17.3. The van der Waals surface area contributed by atoms with Gasteiger partial charge in [-0.1, -0.05) is 29.5 Å². The van der Waals surface area contributed by atoms with E-state index in [1.807, 2.05) is 31.2 Å². The Kier molecular flexibility index (Phi) is 4.03. The normalized spacial score (nSPS) is 18.7. The summed E-state index contributed by atoms with van der Waals surface area (Å²) in [5.41, 5.74) is 1.99. The molecule has 5 aromatic rings. The predicted molar refractivity (Wildman–Crippen MR) is 116 cm³/mol. The molecule has 0 bridgehead atoms. The van der Waals surface area contributed by atoms with Crippen LogP contribution in [0.2, 0.25) is 0 Å². The number of nitrogens with zero attached hydrogens (tertiary/aromatic N) is 6. The highest BCUT2D eigenvalue weighted by molar-refractivity contribution is 5.84. The Labute approximate surface area is 181 Å². The lowest BCUT2D eigenvalue weighted by Gasteiger charge is -2.28. The SMILES string of the molecule is CC1(n2c(=O)c3c(-c4cnnn4-c4ccccc4F)ncn3c3ccccc32)CCCO1. The van der Waals surface area contributed by atoms with E-state index in [1.54, 1.807) is 33.5 Å². The van der Waals surface area contributed by atoms with Crippen molar-refractivity contribution in [3.8, 4) is 17.1 Å². The molecule has 32 heavy (non-hydrogen) atoms. The number of benzene rings is 2. The third-order valence-corrected chi connectivity index (χ3v) is 6.10. The maximum atomic E-state index is 14.5. The number of aromatic nitrogens is 6. The first-order valence-corrected chi connectivity index (χ1v) is 10.4. The average Bonchev–Trinajstić information content (AvgIpc) is 3.54. The van der Waals surface area contributed by atoms with Gasteiger partial charge in [0.2, 0.25) is 0 Å². The van der Waals surface area contributed by atoms with Gasteiger partial charge in [-0.25, -0.2) is 14.1 Å². The predicted octanol–water partition coefficient (Wildman–Crippen LogP) is 3.52. The molecule has 1 fully saturated rings. The minimum atomic E-state index is -0.760. The van der Waals surface area contributed by atoms with Gasteiger partial charge in [0.1, 0.15) is 40.5 Å². The highest BCUT2D eigenvalue weighted by atomic mass is 19.1. The topological polar surface area (TPSA) is 79.2 Å². The molecule has 8 nitrogen and oxygen atoms in total. The zero-order valence-electron chi connectivity index (χ0n) is 17.3. The third-order valence-electron chi connectivity index (χ3n) is 6.10. The highest BCUT2D eigenvalue weighted by Crippen LogP contribution is 2.33. The molecule has 1 atom stereocenters. The molecule has 0 N–H and O–H groups in total. The molecule has 0 saturated carbocycles. The molecule has 0 spiro atoms. The van der Waals surface area contributed by atoms with Crippen molar-refractivity contribution in [1.29, 1.82) is 0 Å². The first-order chi connectivity index (χ1) is 15.6. The molecule has 2 aromatic carbocycles. The van der Waals surface area contributed by atoms with Crippen LogP contribution in [0.1, 0.15) is 19.8 Å². The Balaban J connectivity index is 1.69. The van der Waals surface area contributed by atoms with Gasteiger partial charge in [0, 0.05) is 6.61 Å². The second kappa shape index (κ2) is 6.83. The van der Waals surface area contributed by atoms with Crippen LogP contribution in [0.5, 0.6) is 0 Å². The van der Waals surface area contributed by atoms with Crippen LogP contribution in [-0.2, 0) is 10.5 Å². The smallest absolute Gasteiger partial charge is 0.280 e. The van der Waals surface area contributed by atoms with Gasteiger partial charge in [-0.15, -0.1) is 5.10 Å². The number of fused-ring (bicyclic) bond motifs is 3. The molecule has 1 saturated heterocycles. The van der Waals surface area contributed by atoms with Crippen LogP contribution in [0.3, 0.4) is 0 Å². The molecule has 6 rings (SSSR count). The van der Waals surface area contributed by atoms with Crippen molar-refractivity contribution in [3.63, 3.8) is 0 Å². The number of halogens is 1. The Bertz CT molecular complexity index is 1540. The molecule has 0 aliphatic carbocycles. The van der Waals surface area contributed by atoms with E-state index in [4.69, 9.17) is 4.74 Å². The van der Waals surface area contributed by atoms with Gasteiger partial charge in [-0.3, -0.25) is 13.8 Å². The summed E-state index contributed by atoms with van der Waals surface area (Å²) in [4.78, 5) is 18.5. The number of rotatable bonds is 3. The molecular weight excluding hydrogens is 411 g/mol. The van der Waals surface area contributed by atoms with E-state index in [0.29, 0.717) is 23.5 Å². The summed E-state index contributed by atoms with van der Waals surface area (Å²) >= 11 is 0. The molecule has 0 amide bonds. The van der Waals surface area contributed by atoms with E-state index in [0.717, 1.165) is 23.9 Å². The van der Waals surface area contributed by atoms with Crippen molar-refractivity contribution in [3.05, 3.63) is 77.2 Å². The highest BCUT2D eigenvalue weighted by Gasteiger charge is 2.35. The largest absolute Gasteiger partial charge is 0.355 e. The van der Waals surface area contributed by atoms with Gasteiger partial charge in [0.05, 0.1) is 17.2 Å². The maximum Gasteiger partial charge on any atom is 0.280 e. The zero-order chi connectivity index (χ0) is 21.9. The first kappa shape index (κ1) is 18.9. The second-order valence-corrected chi connectivity index (χ2v) is 8.05. The van der Waals surface area contributed by atoms with Crippen molar-refractivity contribution in [1.82, 2.24) is 28.9 Å². The minimum absolute atomic E-state index is 0.230. The lowest BCUT2D eigenvalue weighted by Crippen LogP contribution is -2.39. The van der Waals surface area contributed by atoms with Crippen molar-refractivity contribution in [2.75, 3.05) is 6.61 Å². The Hall–Kier alpha value is -3.85. The fourth-order valence-electron chi connectivity index (χ4n) is 4.60. The summed E-state index contributed by atoms with van der Waals surface area (Å²) in [6, 6.07) is 13.9. The van der Waals surface area contributed by atoms with E-state index in [-0.39, 0.29) is 11.2 Å². The molecule has 160 valence electrons. The van der Waals surface area contributed by atoms with Gasteiger partial charge in [0.15, 0.2) is 0 Å². The Morgan fingerprint density at radius 1 is 1.09 bits per heavy atom. The molecule has 3 aromatic heterocycles. The average molecular weight is 430 g/mol. The molecule has 9 heteroatoms. The van der Waals surface area contributed by atoms with Crippen LogP contribution in [0, 0.1) is 5.82 Å². The standard InChI is InChI=1S/C23H19FN6O2/c1-23(11-6-12-32-23)29-18-10-5-4-9-17(18)28-14-25-20(21(28)22(29)31)19-13-26-27-30(19)16-8-3-2-7-15(16)24/h2-5,7-10,13-14H,6,11-12H2,1H3. The number of ether oxygens (including phenoxy) is 1. The fraction of sp³-hybridized carbons (Fsp3) is 0.217. The van der Waals surface area contributed by atoms with E-state index >= 15 is 0 Å². The van der Waals surface area contributed by atoms with E-state index in [2.05, 4.69) is 15.3 Å². The van der Waals surface area contributed by atoms with Crippen LogP contribution >= 0.6 is 0 Å². The summed E-state index contributed by atoms with van der Waals surface area (Å²) in [5, 5.41) is 8.03. The van der Waals surface area contributed by atoms with E-state index in [1.165, 1.54) is 16.9 Å². The summed E-state index contributed by atoms with van der Waals surface area (Å²) in [6.45, 7) is 2.53. The number of hydrogen-bond acceptors (Lipinski definition) is 5. The number of hydrogen-bond donors (Lipinski definition) is 0. The molecule has 1 aliphatic rings. The number of imidazole rings is 1. The van der Waals surface area contributed by atoms with Crippen LogP contribution < -0.4 is 5.56 Å². The Morgan fingerprint density at radius 2 is 1.88 bits per heavy atom. The Morgan fingerprint density at radius 3 is 2.66 bits per heavy atom. The van der Waals surface area contributed by atoms with Crippen molar-refractivity contribution in [2.45, 2.75) is 25.5 Å². The molecule has 1 aliphatic heterocycles. The lowest BCUT2D eigenvalue weighted by atomic mass is 10.1. The maximum absolute atomic E-state index is 14.5. The van der Waals surface area contributed by atoms with Crippen LogP contribution in [0.4, 0.5) is 4.39 Å². The van der Waals surface area contributed by atoms with Crippen LogP contribution in [0.25, 0.3) is 33.6 Å². The van der Waals surface area contributed by atoms with Crippen LogP contribution in [-0.4, -0.2) is 35.6 Å². The molecule has 0 radical (unpaired) electrons. The van der Waals surface area contributed by atoms with Crippen molar-refractivity contribution < 1.29 is 9.13 Å². The second-order valence-electron chi connectivity index (χ2n) is 8.05. The minimum Gasteiger partial charge on any atom is -0.355 e. The van der Waals surface area contributed by atoms with E-state index < -0.39 is 11.5 Å². The van der Waals surface area contributed by atoms with Crippen molar-refractivity contribution in [2.24, 2.45) is 0 Å². The number of para-hydroxylation sites is 3. The quantitative estimate of drug-likeness (QED) is 0.438. The summed E-state index contributed by atoms with van der Waals surface area (Å²) < 4.78 is 25.4. The first-order valence-electron chi connectivity index (χ1n) is 10.4. The van der Waals surface area contributed by atoms with Gasteiger partial charge < -0.3 is 4.74 Å². The summed E-state index contributed by atoms with van der Waals surface area (Å²) in [5.74, 6) is -0.447. The molecule has 1 unspecified atom stereocenters. The summed E-state index contributed by atoms with van der Waals surface area (Å²) in [7, 11) is 0. The van der Waals surface area contributed by atoms with Crippen molar-refractivity contribution >= 4 is 16.6 Å². The molecule has 4 heterocycles. The van der Waals surface area contributed by atoms with Gasteiger partial charge in [-0.05, 0) is 44.0 Å². The third kappa shape index (κ3) is 2.57. The van der Waals surface area contributed by atoms with Gasteiger partial charge in [-0.2, -0.15) is 0 Å². The van der Waals surface area contributed by atoms with Crippen LogP contribution in [0.15, 0.2) is 65.8 Å². The molecular formula is C23H19FN6O2. The summed E-state index contributed by atoms with van der Waals surface area (Å²) in [6.07, 6.45) is 4.70. The van der Waals surface area contributed by atoms with Gasteiger partial charge in [0.25, 0.3) is 5.56 Å². The monoisotopic (exact) mass is 430 g/mol. The lowest BCUT2D eigenvalue weighted by molar-refractivity contribution is -0.0447. The van der Waals surface area contributed by atoms with E-state index in [9.17, 15) is 9.18 Å². The fourth-order valence-corrected chi connectivity index (χ4v) is 4.60. The van der Waals surface area contributed by atoms with Gasteiger partial charge >= 0.3 is 0 Å².